The van der Waals surface area contributed by atoms with Crippen LogP contribution in [0.5, 0.6) is 0 Å². The Labute approximate surface area is 125 Å². The number of benzene rings is 1. The summed E-state index contributed by atoms with van der Waals surface area (Å²) < 4.78 is 0. The summed E-state index contributed by atoms with van der Waals surface area (Å²) in [5.41, 5.74) is 1.45. The number of nitro benzene ring substituents is 1. The maximum atomic E-state index is 11.8. The summed E-state index contributed by atoms with van der Waals surface area (Å²) in [7, 11) is 0. The van der Waals surface area contributed by atoms with Crippen molar-refractivity contribution < 1.29 is 14.8 Å². The van der Waals surface area contributed by atoms with Crippen molar-refractivity contribution in [2.75, 3.05) is 6.54 Å². The van der Waals surface area contributed by atoms with Gasteiger partial charge in [0, 0.05) is 18.7 Å². The number of carbonyl (C=O) groups is 1. The number of nitrogens with one attached hydrogen (secondary N) is 1. The molecule has 6 nitrogen and oxygen atoms in total. The van der Waals surface area contributed by atoms with Crippen LogP contribution in [0.3, 0.4) is 0 Å². The first kappa shape index (κ1) is 15.1. The number of aliphatic hydroxyl groups is 1. The van der Waals surface area contributed by atoms with Crippen LogP contribution >= 0.6 is 11.3 Å². The second-order valence-corrected chi connectivity index (χ2v) is 5.26. The molecule has 2 aromatic rings. The van der Waals surface area contributed by atoms with Crippen LogP contribution in [0.2, 0.25) is 0 Å². The molecule has 0 aliphatic carbocycles. The van der Waals surface area contributed by atoms with Crippen LogP contribution in [-0.4, -0.2) is 22.5 Å². The van der Waals surface area contributed by atoms with Crippen molar-refractivity contribution in [3.8, 4) is 0 Å². The van der Waals surface area contributed by atoms with Crippen molar-refractivity contribution in [2.45, 2.75) is 12.5 Å². The predicted molar refractivity (Wildman–Crippen MR) is 79.1 cm³/mol. The van der Waals surface area contributed by atoms with Gasteiger partial charge in [0.2, 0.25) is 5.91 Å². The molecule has 2 rings (SSSR count). The molecule has 0 bridgehead atoms. The minimum Gasteiger partial charge on any atom is -0.387 e. The Bertz CT molecular complexity index is 610. The molecular formula is C14H14N2O4S. The van der Waals surface area contributed by atoms with E-state index in [0.717, 1.165) is 5.56 Å². The van der Waals surface area contributed by atoms with Crippen LogP contribution in [0.1, 0.15) is 17.2 Å². The lowest BCUT2D eigenvalue weighted by Crippen LogP contribution is -2.29. The summed E-state index contributed by atoms with van der Waals surface area (Å²) in [4.78, 5) is 21.8. The van der Waals surface area contributed by atoms with E-state index < -0.39 is 11.0 Å². The molecule has 0 aliphatic heterocycles. The number of hydrogen-bond donors (Lipinski definition) is 2. The van der Waals surface area contributed by atoms with Gasteiger partial charge < -0.3 is 10.4 Å². The van der Waals surface area contributed by atoms with Crippen LogP contribution in [0.4, 0.5) is 5.69 Å². The first-order valence-electron chi connectivity index (χ1n) is 6.26. The van der Waals surface area contributed by atoms with Crippen molar-refractivity contribution in [3.05, 3.63) is 62.3 Å². The third-order valence-corrected chi connectivity index (χ3v) is 3.63. The lowest BCUT2D eigenvalue weighted by atomic mass is 10.1. The smallest absolute Gasteiger partial charge is 0.269 e. The molecule has 1 aromatic carbocycles. The molecule has 21 heavy (non-hydrogen) atoms. The summed E-state index contributed by atoms with van der Waals surface area (Å²) >= 11 is 1.48. The third kappa shape index (κ3) is 4.37. The van der Waals surface area contributed by atoms with E-state index in [1.807, 2.05) is 10.8 Å². The van der Waals surface area contributed by atoms with Crippen LogP contribution in [0.15, 0.2) is 41.1 Å². The first-order chi connectivity index (χ1) is 10.1. The highest BCUT2D eigenvalue weighted by molar-refractivity contribution is 7.07. The largest absolute Gasteiger partial charge is 0.387 e. The number of aliphatic hydroxyl groups excluding tert-OH is 1. The topological polar surface area (TPSA) is 92.5 Å². The molecule has 1 atom stereocenters. The fourth-order valence-electron chi connectivity index (χ4n) is 1.78. The fraction of sp³-hybridized carbons (Fsp3) is 0.214. The van der Waals surface area contributed by atoms with Gasteiger partial charge in [0.05, 0.1) is 17.4 Å². The van der Waals surface area contributed by atoms with Crippen LogP contribution < -0.4 is 5.32 Å². The van der Waals surface area contributed by atoms with Gasteiger partial charge in [0.25, 0.3) is 5.69 Å². The SMILES string of the molecule is O=C(Cc1ccc([N+](=O)[O-])cc1)NC[C@@H](O)c1ccsc1. The summed E-state index contributed by atoms with van der Waals surface area (Å²) in [5, 5.41) is 26.7. The molecule has 1 amide bonds. The van der Waals surface area contributed by atoms with Crippen molar-refractivity contribution in [1.29, 1.82) is 0 Å². The standard InChI is InChI=1S/C14H14N2O4S/c17-13(11-5-6-21-9-11)8-15-14(18)7-10-1-3-12(4-2-10)16(19)20/h1-6,9,13,17H,7-8H2,(H,15,18)/t13-/m1/s1. The van der Waals surface area contributed by atoms with Gasteiger partial charge in [0.1, 0.15) is 0 Å². The van der Waals surface area contributed by atoms with Gasteiger partial charge in [-0.1, -0.05) is 12.1 Å². The van der Waals surface area contributed by atoms with Gasteiger partial charge in [-0.3, -0.25) is 14.9 Å². The van der Waals surface area contributed by atoms with E-state index in [1.165, 1.54) is 23.5 Å². The van der Waals surface area contributed by atoms with E-state index in [4.69, 9.17) is 0 Å². The average Bonchev–Trinajstić information content (AvgIpc) is 2.99. The van der Waals surface area contributed by atoms with Crippen LogP contribution in [0.25, 0.3) is 0 Å². The monoisotopic (exact) mass is 306 g/mol. The Morgan fingerprint density at radius 2 is 2.05 bits per heavy atom. The van der Waals surface area contributed by atoms with E-state index in [0.29, 0.717) is 5.56 Å². The highest BCUT2D eigenvalue weighted by Gasteiger charge is 2.11. The Morgan fingerprint density at radius 3 is 2.62 bits per heavy atom. The summed E-state index contributed by atoms with van der Waals surface area (Å²) in [6, 6.07) is 7.63. The molecule has 0 unspecified atom stereocenters. The lowest BCUT2D eigenvalue weighted by Gasteiger charge is -2.10. The van der Waals surface area contributed by atoms with Gasteiger partial charge in [-0.25, -0.2) is 0 Å². The summed E-state index contributed by atoms with van der Waals surface area (Å²) in [6.45, 7) is 0.141. The molecule has 2 N–H and O–H groups in total. The molecule has 0 fully saturated rings. The van der Waals surface area contributed by atoms with E-state index in [1.54, 1.807) is 18.2 Å². The number of non-ortho nitro benzene ring substituents is 1. The van der Waals surface area contributed by atoms with Crippen molar-refractivity contribution in [2.24, 2.45) is 0 Å². The van der Waals surface area contributed by atoms with Gasteiger partial charge in [-0.15, -0.1) is 0 Å². The van der Waals surface area contributed by atoms with Crippen molar-refractivity contribution in [3.63, 3.8) is 0 Å². The van der Waals surface area contributed by atoms with E-state index in [2.05, 4.69) is 5.32 Å². The first-order valence-corrected chi connectivity index (χ1v) is 7.20. The molecule has 0 radical (unpaired) electrons. The Hall–Kier alpha value is -2.25. The van der Waals surface area contributed by atoms with Crippen LogP contribution in [0, 0.1) is 10.1 Å². The molecule has 7 heteroatoms. The van der Waals surface area contributed by atoms with Crippen molar-refractivity contribution in [1.82, 2.24) is 5.32 Å². The van der Waals surface area contributed by atoms with E-state index in [9.17, 15) is 20.0 Å². The minimum absolute atomic E-state index is 0.00737. The van der Waals surface area contributed by atoms with Gasteiger partial charge >= 0.3 is 0 Å². The fourth-order valence-corrected chi connectivity index (χ4v) is 2.48. The molecular weight excluding hydrogens is 292 g/mol. The second-order valence-electron chi connectivity index (χ2n) is 4.48. The zero-order valence-electron chi connectivity index (χ0n) is 11.1. The number of amides is 1. The number of nitrogens with zero attached hydrogens (tertiary/aromatic N) is 1. The number of nitro groups is 1. The highest BCUT2D eigenvalue weighted by atomic mass is 32.1. The maximum Gasteiger partial charge on any atom is 0.269 e. The minimum atomic E-state index is -0.725. The maximum absolute atomic E-state index is 11.8. The highest BCUT2D eigenvalue weighted by Crippen LogP contribution is 2.15. The van der Waals surface area contributed by atoms with Gasteiger partial charge in [-0.05, 0) is 28.0 Å². The Kier molecular flexibility index (Phi) is 5.02. The quantitative estimate of drug-likeness (QED) is 0.631. The second kappa shape index (κ2) is 6.96. The third-order valence-electron chi connectivity index (χ3n) is 2.93. The van der Waals surface area contributed by atoms with Crippen molar-refractivity contribution >= 4 is 22.9 Å². The Balaban J connectivity index is 1.83. The van der Waals surface area contributed by atoms with Crippen LogP contribution in [-0.2, 0) is 11.2 Å². The lowest BCUT2D eigenvalue weighted by molar-refractivity contribution is -0.384. The van der Waals surface area contributed by atoms with E-state index >= 15 is 0 Å². The predicted octanol–water partition coefficient (Wildman–Crippen LogP) is 2.05. The number of thiophene rings is 1. The normalized spacial score (nSPS) is 11.9. The summed E-state index contributed by atoms with van der Waals surface area (Å²) in [6.07, 6.45) is -0.606. The average molecular weight is 306 g/mol. The zero-order chi connectivity index (χ0) is 15.2. The molecule has 0 saturated carbocycles. The molecule has 110 valence electrons. The zero-order valence-corrected chi connectivity index (χ0v) is 11.9. The molecule has 0 spiro atoms. The number of carbonyl (C=O) groups excluding carboxylic acids is 1. The molecule has 0 saturated heterocycles. The molecule has 0 aliphatic rings. The van der Waals surface area contributed by atoms with Gasteiger partial charge in [0.15, 0.2) is 0 Å². The van der Waals surface area contributed by atoms with E-state index in [-0.39, 0.29) is 24.6 Å². The Morgan fingerprint density at radius 1 is 1.33 bits per heavy atom. The molecule has 1 heterocycles. The van der Waals surface area contributed by atoms with Gasteiger partial charge in [-0.2, -0.15) is 11.3 Å². The molecule has 1 aromatic heterocycles. The number of hydrogen-bond acceptors (Lipinski definition) is 5. The number of rotatable bonds is 6. The summed E-state index contributed by atoms with van der Waals surface area (Å²) in [5.74, 6) is -0.238.